The number of amides is 1. The van der Waals surface area contributed by atoms with E-state index in [0.717, 1.165) is 34.8 Å². The van der Waals surface area contributed by atoms with Gasteiger partial charge in [0, 0.05) is 22.6 Å². The maximum Gasteiger partial charge on any atom is 0.238 e. The van der Waals surface area contributed by atoms with Gasteiger partial charge in [-0.3, -0.25) is 14.5 Å². The van der Waals surface area contributed by atoms with Crippen LogP contribution >= 0.6 is 11.8 Å². The average molecular weight is 445 g/mol. The molecule has 0 saturated carbocycles. The summed E-state index contributed by atoms with van der Waals surface area (Å²) >= 11 is 1.50. The molecule has 6 heteroatoms. The molecule has 0 saturated heterocycles. The lowest BCUT2D eigenvalue weighted by Crippen LogP contribution is -2.38. The SMILES string of the molecule is Cc1ccc(SCC(=O)N2c3ccccc3NC3=C(C(=O)CCC3)[C@H]2c2ccco2)cc1. The predicted octanol–water partition coefficient (Wildman–Crippen LogP) is 5.89. The van der Waals surface area contributed by atoms with E-state index in [9.17, 15) is 9.59 Å². The molecule has 5 nitrogen and oxygen atoms in total. The highest BCUT2D eigenvalue weighted by Gasteiger charge is 2.40. The number of carbonyl (C=O) groups excluding carboxylic acids is 2. The van der Waals surface area contributed by atoms with Crippen molar-refractivity contribution in [3.8, 4) is 0 Å². The van der Waals surface area contributed by atoms with Crippen molar-refractivity contribution in [2.24, 2.45) is 0 Å². The van der Waals surface area contributed by atoms with Gasteiger partial charge < -0.3 is 9.73 Å². The van der Waals surface area contributed by atoms with Crippen molar-refractivity contribution in [1.82, 2.24) is 0 Å². The van der Waals surface area contributed by atoms with Gasteiger partial charge in [0.05, 0.1) is 23.4 Å². The molecular weight excluding hydrogens is 420 g/mol. The summed E-state index contributed by atoms with van der Waals surface area (Å²) in [5.41, 5.74) is 4.29. The smallest absolute Gasteiger partial charge is 0.238 e. The van der Waals surface area contributed by atoms with E-state index in [4.69, 9.17) is 4.42 Å². The first-order valence-electron chi connectivity index (χ1n) is 10.8. The summed E-state index contributed by atoms with van der Waals surface area (Å²) in [6.45, 7) is 2.04. The number of ketones is 1. The number of para-hydroxylation sites is 2. The number of carbonyl (C=O) groups is 2. The summed E-state index contributed by atoms with van der Waals surface area (Å²) in [6, 6.07) is 18.9. The Morgan fingerprint density at radius 3 is 2.69 bits per heavy atom. The fraction of sp³-hybridized carbons (Fsp3) is 0.231. The predicted molar refractivity (Wildman–Crippen MR) is 127 cm³/mol. The second kappa shape index (κ2) is 8.71. The molecule has 5 rings (SSSR count). The zero-order valence-electron chi connectivity index (χ0n) is 17.8. The molecule has 2 heterocycles. The molecule has 1 atom stereocenters. The monoisotopic (exact) mass is 444 g/mol. The molecule has 1 aliphatic carbocycles. The number of fused-ring (bicyclic) bond motifs is 1. The van der Waals surface area contributed by atoms with E-state index >= 15 is 0 Å². The molecule has 1 amide bonds. The summed E-state index contributed by atoms with van der Waals surface area (Å²) in [5.74, 6) is 0.848. The number of anilines is 2. The van der Waals surface area contributed by atoms with Crippen molar-refractivity contribution in [3.05, 3.63) is 89.5 Å². The number of rotatable bonds is 4. The van der Waals surface area contributed by atoms with E-state index in [2.05, 4.69) is 5.32 Å². The Hall–Kier alpha value is -3.25. The summed E-state index contributed by atoms with van der Waals surface area (Å²) in [7, 11) is 0. The first-order valence-corrected chi connectivity index (χ1v) is 11.8. The topological polar surface area (TPSA) is 62.6 Å². The van der Waals surface area contributed by atoms with Gasteiger partial charge in [0.15, 0.2) is 5.78 Å². The minimum absolute atomic E-state index is 0.0666. The third kappa shape index (κ3) is 3.86. The van der Waals surface area contributed by atoms with E-state index in [1.165, 1.54) is 17.3 Å². The van der Waals surface area contributed by atoms with Gasteiger partial charge in [0.25, 0.3) is 0 Å². The Morgan fingerprint density at radius 2 is 1.91 bits per heavy atom. The van der Waals surface area contributed by atoms with Gasteiger partial charge in [0.2, 0.25) is 5.91 Å². The molecule has 32 heavy (non-hydrogen) atoms. The van der Waals surface area contributed by atoms with E-state index in [1.54, 1.807) is 17.2 Å². The molecule has 3 aromatic rings. The molecule has 0 unspecified atom stereocenters. The first kappa shape index (κ1) is 20.6. The fourth-order valence-corrected chi connectivity index (χ4v) is 5.13. The van der Waals surface area contributed by atoms with Crippen molar-refractivity contribution < 1.29 is 14.0 Å². The van der Waals surface area contributed by atoms with Gasteiger partial charge in [-0.1, -0.05) is 29.8 Å². The van der Waals surface area contributed by atoms with Crippen LogP contribution in [0, 0.1) is 6.92 Å². The fourth-order valence-electron chi connectivity index (χ4n) is 4.37. The van der Waals surface area contributed by atoms with Crippen LogP contribution < -0.4 is 10.2 Å². The summed E-state index contributed by atoms with van der Waals surface area (Å²) in [4.78, 5) is 29.7. The van der Waals surface area contributed by atoms with Crippen LogP contribution in [0.25, 0.3) is 0 Å². The van der Waals surface area contributed by atoms with Crippen LogP contribution in [0.15, 0.2) is 87.5 Å². The standard InChI is InChI=1S/C26H24N2O3S/c1-17-11-13-18(14-12-17)32-16-24(30)28-21-8-3-2-6-19(21)27-20-7-4-9-22(29)25(20)26(28)23-10-5-15-31-23/h2-3,5-6,8,10-15,26-27H,4,7,9,16H2,1H3/t26-/m1/s1. The molecule has 0 radical (unpaired) electrons. The van der Waals surface area contributed by atoms with E-state index in [1.807, 2.05) is 61.5 Å². The van der Waals surface area contributed by atoms with Crippen molar-refractivity contribution in [2.75, 3.05) is 16.0 Å². The van der Waals surface area contributed by atoms with Gasteiger partial charge in [-0.05, 0) is 56.2 Å². The maximum absolute atomic E-state index is 13.7. The molecule has 2 aromatic carbocycles. The highest BCUT2D eigenvalue weighted by Crippen LogP contribution is 2.45. The number of thioether (sulfide) groups is 1. The van der Waals surface area contributed by atoms with Crippen LogP contribution in [-0.2, 0) is 9.59 Å². The molecule has 0 spiro atoms. The van der Waals surface area contributed by atoms with Crippen LogP contribution in [0.4, 0.5) is 11.4 Å². The lowest BCUT2D eigenvalue weighted by Gasteiger charge is -2.32. The number of nitrogens with zero attached hydrogens (tertiary/aromatic N) is 1. The summed E-state index contributed by atoms with van der Waals surface area (Å²) in [6.07, 6.45) is 3.65. The van der Waals surface area contributed by atoms with Crippen LogP contribution in [0.1, 0.15) is 36.6 Å². The third-order valence-corrected chi connectivity index (χ3v) is 6.90. The molecule has 2 aliphatic rings. The van der Waals surface area contributed by atoms with Crippen molar-refractivity contribution >= 4 is 34.8 Å². The zero-order chi connectivity index (χ0) is 22.1. The minimum Gasteiger partial charge on any atom is -0.467 e. The number of hydrogen-bond acceptors (Lipinski definition) is 5. The largest absolute Gasteiger partial charge is 0.467 e. The number of benzene rings is 2. The maximum atomic E-state index is 13.7. The lowest BCUT2D eigenvalue weighted by molar-refractivity contribution is -0.117. The number of furan rings is 1. The average Bonchev–Trinajstić information content (AvgIpc) is 3.28. The Morgan fingerprint density at radius 1 is 1.09 bits per heavy atom. The van der Waals surface area contributed by atoms with E-state index in [-0.39, 0.29) is 17.4 Å². The normalized spacial score (nSPS) is 18.0. The first-order chi connectivity index (χ1) is 15.6. The van der Waals surface area contributed by atoms with Gasteiger partial charge >= 0.3 is 0 Å². The second-order valence-electron chi connectivity index (χ2n) is 8.09. The molecule has 1 aromatic heterocycles. The Kier molecular flexibility index (Phi) is 5.62. The lowest BCUT2D eigenvalue weighted by atomic mass is 9.88. The highest BCUT2D eigenvalue weighted by molar-refractivity contribution is 8.00. The molecule has 162 valence electrons. The Balaban J connectivity index is 1.58. The molecule has 0 fully saturated rings. The van der Waals surface area contributed by atoms with Crippen molar-refractivity contribution in [1.29, 1.82) is 0 Å². The van der Waals surface area contributed by atoms with Crippen LogP contribution in [-0.4, -0.2) is 17.4 Å². The number of hydrogen-bond donors (Lipinski definition) is 1. The van der Waals surface area contributed by atoms with E-state index in [0.29, 0.717) is 17.8 Å². The van der Waals surface area contributed by atoms with Crippen LogP contribution in [0.5, 0.6) is 0 Å². The van der Waals surface area contributed by atoms with Gasteiger partial charge in [-0.15, -0.1) is 11.8 Å². The Bertz CT molecular complexity index is 1180. The van der Waals surface area contributed by atoms with Crippen LogP contribution in [0.2, 0.25) is 0 Å². The summed E-state index contributed by atoms with van der Waals surface area (Å²) < 4.78 is 5.78. The zero-order valence-corrected chi connectivity index (χ0v) is 18.7. The Labute approximate surface area is 191 Å². The molecule has 1 aliphatic heterocycles. The second-order valence-corrected chi connectivity index (χ2v) is 9.14. The van der Waals surface area contributed by atoms with Crippen molar-refractivity contribution in [2.45, 2.75) is 37.1 Å². The van der Waals surface area contributed by atoms with Crippen molar-refractivity contribution in [3.63, 3.8) is 0 Å². The molecule has 1 N–H and O–H groups in total. The number of nitrogens with one attached hydrogen (secondary N) is 1. The van der Waals surface area contributed by atoms with Gasteiger partial charge in [0.1, 0.15) is 11.8 Å². The molecule has 0 bridgehead atoms. The number of aryl methyl sites for hydroxylation is 1. The van der Waals surface area contributed by atoms with Gasteiger partial charge in [-0.2, -0.15) is 0 Å². The van der Waals surface area contributed by atoms with Crippen LogP contribution in [0.3, 0.4) is 0 Å². The highest BCUT2D eigenvalue weighted by atomic mass is 32.2. The quantitative estimate of drug-likeness (QED) is 0.509. The number of Topliss-reactive ketones (excluding diaryl/α,β-unsaturated/α-hetero) is 1. The summed E-state index contributed by atoms with van der Waals surface area (Å²) in [5, 5.41) is 3.47. The number of allylic oxidation sites excluding steroid dienone is 1. The molecular formula is C26H24N2O3S. The van der Waals surface area contributed by atoms with Gasteiger partial charge in [-0.25, -0.2) is 0 Å². The third-order valence-electron chi connectivity index (χ3n) is 5.90. The van der Waals surface area contributed by atoms with E-state index < -0.39 is 6.04 Å². The minimum atomic E-state index is -0.588.